The Morgan fingerprint density at radius 1 is 1.29 bits per heavy atom. The van der Waals surface area contributed by atoms with Crippen molar-refractivity contribution in [3.63, 3.8) is 0 Å². The lowest BCUT2D eigenvalue weighted by Gasteiger charge is -2.31. The van der Waals surface area contributed by atoms with Gasteiger partial charge in [0.1, 0.15) is 17.6 Å². The number of hydrogen-bond acceptors (Lipinski definition) is 2. The van der Waals surface area contributed by atoms with Crippen molar-refractivity contribution >= 4 is 15.9 Å². The second-order valence-electron chi connectivity index (χ2n) is 3.49. The van der Waals surface area contributed by atoms with Crippen LogP contribution in [-0.4, -0.2) is 18.0 Å². The van der Waals surface area contributed by atoms with Crippen molar-refractivity contribution in [3.8, 4) is 11.5 Å². The fourth-order valence-corrected chi connectivity index (χ4v) is 2.30. The second kappa shape index (κ2) is 4.22. The average Bonchev–Trinajstić information content (AvgIpc) is 2.16. The molecule has 1 aromatic rings. The van der Waals surface area contributed by atoms with E-state index in [-0.39, 0.29) is 0 Å². The molecule has 0 N–H and O–H groups in total. The van der Waals surface area contributed by atoms with E-state index < -0.39 is 0 Å². The van der Waals surface area contributed by atoms with Crippen LogP contribution >= 0.6 is 15.9 Å². The molecule has 1 aliphatic carbocycles. The van der Waals surface area contributed by atoms with Crippen LogP contribution in [0.5, 0.6) is 11.5 Å². The molecule has 1 aliphatic rings. The van der Waals surface area contributed by atoms with Crippen molar-refractivity contribution in [1.29, 1.82) is 0 Å². The Hall–Kier alpha value is -0.700. The Balaban J connectivity index is 1.95. The van der Waals surface area contributed by atoms with E-state index in [9.17, 15) is 0 Å². The standard InChI is InChI=1S/C11H13BrO2/c1-13-9-3-2-4-10(7-9)14-11-5-8(12)6-11/h2-4,7-8,11H,5-6H2,1H3. The molecule has 2 nitrogen and oxygen atoms in total. The van der Waals surface area contributed by atoms with Crippen LogP contribution in [0, 0.1) is 0 Å². The third kappa shape index (κ3) is 2.21. The monoisotopic (exact) mass is 256 g/mol. The molecule has 0 atom stereocenters. The van der Waals surface area contributed by atoms with Crippen LogP contribution in [0.25, 0.3) is 0 Å². The molecule has 0 unspecified atom stereocenters. The first-order valence-electron chi connectivity index (χ1n) is 4.72. The van der Waals surface area contributed by atoms with Gasteiger partial charge in [0.05, 0.1) is 7.11 Å². The van der Waals surface area contributed by atoms with Gasteiger partial charge in [0, 0.05) is 10.9 Å². The largest absolute Gasteiger partial charge is 0.497 e. The third-order valence-corrected chi connectivity index (χ3v) is 3.13. The molecule has 1 fully saturated rings. The Morgan fingerprint density at radius 3 is 2.64 bits per heavy atom. The lowest BCUT2D eigenvalue weighted by atomic mass is 9.96. The Morgan fingerprint density at radius 2 is 2.00 bits per heavy atom. The number of benzene rings is 1. The van der Waals surface area contributed by atoms with Gasteiger partial charge in [-0.1, -0.05) is 22.0 Å². The normalized spacial score (nSPS) is 25.3. The van der Waals surface area contributed by atoms with E-state index >= 15 is 0 Å². The van der Waals surface area contributed by atoms with Gasteiger partial charge in [-0.2, -0.15) is 0 Å². The first-order valence-corrected chi connectivity index (χ1v) is 5.64. The van der Waals surface area contributed by atoms with E-state index in [0.717, 1.165) is 24.3 Å². The number of methoxy groups -OCH3 is 1. The van der Waals surface area contributed by atoms with Gasteiger partial charge in [-0.3, -0.25) is 0 Å². The molecular weight excluding hydrogens is 244 g/mol. The first kappa shape index (κ1) is 9.84. The van der Waals surface area contributed by atoms with E-state index in [0.29, 0.717) is 10.9 Å². The van der Waals surface area contributed by atoms with Crippen molar-refractivity contribution in [1.82, 2.24) is 0 Å². The summed E-state index contributed by atoms with van der Waals surface area (Å²) in [5, 5.41) is 0. The summed E-state index contributed by atoms with van der Waals surface area (Å²) in [4.78, 5) is 0.637. The molecule has 0 aliphatic heterocycles. The van der Waals surface area contributed by atoms with E-state index in [1.165, 1.54) is 0 Å². The minimum absolute atomic E-state index is 0.367. The summed E-state index contributed by atoms with van der Waals surface area (Å²) in [7, 11) is 1.66. The van der Waals surface area contributed by atoms with Gasteiger partial charge in [-0.05, 0) is 25.0 Å². The fraction of sp³-hybridized carbons (Fsp3) is 0.455. The van der Waals surface area contributed by atoms with Gasteiger partial charge in [0.2, 0.25) is 0 Å². The maximum Gasteiger partial charge on any atom is 0.123 e. The number of hydrogen-bond donors (Lipinski definition) is 0. The SMILES string of the molecule is COc1cccc(OC2CC(Br)C2)c1. The van der Waals surface area contributed by atoms with Crippen LogP contribution in [0.3, 0.4) is 0 Å². The van der Waals surface area contributed by atoms with Gasteiger partial charge in [-0.15, -0.1) is 0 Å². The van der Waals surface area contributed by atoms with Crippen molar-refractivity contribution < 1.29 is 9.47 Å². The summed E-state index contributed by atoms with van der Waals surface area (Å²) in [5.41, 5.74) is 0. The Bertz CT molecular complexity index is 308. The third-order valence-electron chi connectivity index (χ3n) is 2.38. The highest BCUT2D eigenvalue weighted by Crippen LogP contribution is 2.31. The van der Waals surface area contributed by atoms with Gasteiger partial charge >= 0.3 is 0 Å². The lowest BCUT2D eigenvalue weighted by Crippen LogP contribution is -2.33. The highest BCUT2D eigenvalue weighted by Gasteiger charge is 2.28. The van der Waals surface area contributed by atoms with E-state index in [4.69, 9.17) is 9.47 Å². The molecule has 0 aromatic heterocycles. The molecule has 76 valence electrons. The van der Waals surface area contributed by atoms with Crippen LogP contribution in [0.4, 0.5) is 0 Å². The molecule has 1 aromatic carbocycles. The minimum atomic E-state index is 0.367. The van der Waals surface area contributed by atoms with Gasteiger partial charge < -0.3 is 9.47 Å². The number of halogens is 1. The topological polar surface area (TPSA) is 18.5 Å². The highest BCUT2D eigenvalue weighted by atomic mass is 79.9. The molecular formula is C11H13BrO2. The highest BCUT2D eigenvalue weighted by molar-refractivity contribution is 9.09. The minimum Gasteiger partial charge on any atom is -0.497 e. The molecule has 0 bridgehead atoms. The van der Waals surface area contributed by atoms with Gasteiger partial charge in [0.15, 0.2) is 0 Å². The average molecular weight is 257 g/mol. The molecule has 1 saturated carbocycles. The van der Waals surface area contributed by atoms with Crippen LogP contribution in [0.15, 0.2) is 24.3 Å². The quantitative estimate of drug-likeness (QED) is 0.775. The Labute approximate surface area is 92.3 Å². The van der Waals surface area contributed by atoms with Crippen LogP contribution in [0.2, 0.25) is 0 Å². The molecule has 0 amide bonds. The summed E-state index contributed by atoms with van der Waals surface area (Å²) in [6.07, 6.45) is 2.56. The Kier molecular flexibility index (Phi) is 2.96. The zero-order chi connectivity index (χ0) is 9.97. The van der Waals surface area contributed by atoms with Crippen LogP contribution in [0.1, 0.15) is 12.8 Å². The van der Waals surface area contributed by atoms with E-state index in [1.54, 1.807) is 7.11 Å². The molecule has 0 spiro atoms. The van der Waals surface area contributed by atoms with Crippen molar-refractivity contribution in [2.45, 2.75) is 23.8 Å². The summed E-state index contributed by atoms with van der Waals surface area (Å²) in [6.45, 7) is 0. The van der Waals surface area contributed by atoms with Gasteiger partial charge in [-0.25, -0.2) is 0 Å². The molecule has 0 radical (unpaired) electrons. The molecule has 2 rings (SSSR count). The van der Waals surface area contributed by atoms with Crippen molar-refractivity contribution in [3.05, 3.63) is 24.3 Å². The summed E-state index contributed by atoms with van der Waals surface area (Å²) in [6, 6.07) is 7.74. The van der Waals surface area contributed by atoms with Crippen LogP contribution in [-0.2, 0) is 0 Å². The predicted molar refractivity (Wildman–Crippen MR) is 59.4 cm³/mol. The molecule has 0 saturated heterocycles. The molecule has 14 heavy (non-hydrogen) atoms. The molecule has 0 heterocycles. The van der Waals surface area contributed by atoms with E-state index in [1.807, 2.05) is 24.3 Å². The molecule has 3 heteroatoms. The summed E-state index contributed by atoms with van der Waals surface area (Å²) >= 11 is 3.54. The summed E-state index contributed by atoms with van der Waals surface area (Å²) < 4.78 is 10.9. The van der Waals surface area contributed by atoms with Gasteiger partial charge in [0.25, 0.3) is 0 Å². The van der Waals surface area contributed by atoms with Crippen molar-refractivity contribution in [2.75, 3.05) is 7.11 Å². The number of alkyl halides is 1. The lowest BCUT2D eigenvalue weighted by molar-refractivity contribution is 0.128. The van der Waals surface area contributed by atoms with Crippen molar-refractivity contribution in [2.24, 2.45) is 0 Å². The maximum absolute atomic E-state index is 5.75. The predicted octanol–water partition coefficient (Wildman–Crippen LogP) is 3.00. The number of ether oxygens (including phenoxy) is 2. The van der Waals surface area contributed by atoms with E-state index in [2.05, 4.69) is 15.9 Å². The summed E-state index contributed by atoms with van der Waals surface area (Å²) in [5.74, 6) is 1.74. The van der Waals surface area contributed by atoms with Crippen LogP contribution < -0.4 is 9.47 Å². The number of rotatable bonds is 3. The fourth-order valence-electron chi connectivity index (χ4n) is 1.46. The zero-order valence-corrected chi connectivity index (χ0v) is 9.66. The smallest absolute Gasteiger partial charge is 0.123 e. The second-order valence-corrected chi connectivity index (χ2v) is 4.78. The first-order chi connectivity index (χ1) is 6.78. The zero-order valence-electron chi connectivity index (χ0n) is 8.07. The maximum atomic E-state index is 5.75.